The number of benzene rings is 1. The molecule has 0 spiro atoms. The Morgan fingerprint density at radius 1 is 1.14 bits per heavy atom. The maximum atomic E-state index is 11.8. The van der Waals surface area contributed by atoms with Crippen molar-refractivity contribution in [2.45, 2.75) is 32.2 Å². The van der Waals surface area contributed by atoms with Gasteiger partial charge in [-0.05, 0) is 37.5 Å². The van der Waals surface area contributed by atoms with E-state index in [1.54, 1.807) is 0 Å². The van der Waals surface area contributed by atoms with Crippen LogP contribution in [0.2, 0.25) is 0 Å². The molecule has 0 aliphatic heterocycles. The molecular formula is C18H22N2O. The van der Waals surface area contributed by atoms with Gasteiger partial charge in [0.25, 0.3) is 0 Å². The fraction of sp³-hybridized carbons (Fsp3) is 0.389. The van der Waals surface area contributed by atoms with Crippen molar-refractivity contribution >= 4 is 11.5 Å². The monoisotopic (exact) mass is 282 g/mol. The summed E-state index contributed by atoms with van der Waals surface area (Å²) in [5.74, 6) is 0.316. The summed E-state index contributed by atoms with van der Waals surface area (Å²) in [7, 11) is 2.13. The van der Waals surface area contributed by atoms with Crippen molar-refractivity contribution in [2.75, 3.05) is 18.5 Å². The van der Waals surface area contributed by atoms with Gasteiger partial charge in [0.1, 0.15) is 0 Å². The van der Waals surface area contributed by atoms with Gasteiger partial charge < -0.3 is 9.47 Å². The third kappa shape index (κ3) is 3.02. The summed E-state index contributed by atoms with van der Waals surface area (Å²) < 4.78 is 2.27. The van der Waals surface area contributed by atoms with E-state index in [0.29, 0.717) is 12.2 Å². The molecule has 0 unspecified atom stereocenters. The minimum atomic E-state index is 0.316. The Morgan fingerprint density at radius 2 is 1.95 bits per heavy atom. The summed E-state index contributed by atoms with van der Waals surface area (Å²) in [5.41, 5.74) is 3.45. The molecule has 21 heavy (non-hydrogen) atoms. The standard InChI is InChI=1S/C18H22N2O/c1-19(15-7-3-2-4-8-15)12-6-13-20-14-11-16-17(20)9-5-10-18(16)21/h2-4,7-8,11,14H,5-6,9-10,12-13H2,1H3. The minimum absolute atomic E-state index is 0.316. The number of ketones is 1. The van der Waals surface area contributed by atoms with Gasteiger partial charge in [0.15, 0.2) is 5.78 Å². The number of nitrogens with zero attached hydrogens (tertiary/aromatic N) is 2. The minimum Gasteiger partial charge on any atom is -0.375 e. The Balaban J connectivity index is 1.58. The topological polar surface area (TPSA) is 25.2 Å². The number of Topliss-reactive ketones (excluding diaryl/α,β-unsaturated/α-hetero) is 1. The lowest BCUT2D eigenvalue weighted by Gasteiger charge is -2.20. The lowest BCUT2D eigenvalue weighted by Crippen LogP contribution is -2.20. The number of para-hydroxylation sites is 1. The van der Waals surface area contributed by atoms with Gasteiger partial charge in [0, 0.05) is 49.7 Å². The molecule has 3 nitrogen and oxygen atoms in total. The highest BCUT2D eigenvalue weighted by molar-refractivity contribution is 5.98. The van der Waals surface area contributed by atoms with Crippen molar-refractivity contribution in [3.8, 4) is 0 Å². The van der Waals surface area contributed by atoms with Crippen LogP contribution >= 0.6 is 0 Å². The second kappa shape index (κ2) is 6.17. The van der Waals surface area contributed by atoms with E-state index in [0.717, 1.165) is 37.9 Å². The Kier molecular flexibility index (Phi) is 4.09. The SMILES string of the molecule is CN(CCCn1ccc2c1CCCC2=O)c1ccccc1. The molecule has 1 aromatic carbocycles. The van der Waals surface area contributed by atoms with Crippen LogP contribution in [0.15, 0.2) is 42.6 Å². The summed E-state index contributed by atoms with van der Waals surface area (Å²) in [5, 5.41) is 0. The molecule has 0 N–H and O–H groups in total. The van der Waals surface area contributed by atoms with E-state index in [-0.39, 0.29) is 0 Å². The van der Waals surface area contributed by atoms with E-state index in [9.17, 15) is 4.79 Å². The van der Waals surface area contributed by atoms with Crippen molar-refractivity contribution < 1.29 is 4.79 Å². The molecule has 1 aliphatic carbocycles. The van der Waals surface area contributed by atoms with Crippen LogP contribution in [-0.4, -0.2) is 23.9 Å². The molecular weight excluding hydrogens is 260 g/mol. The molecule has 0 saturated heterocycles. The highest BCUT2D eigenvalue weighted by atomic mass is 16.1. The maximum absolute atomic E-state index is 11.8. The Hall–Kier alpha value is -2.03. The van der Waals surface area contributed by atoms with Crippen LogP contribution in [0, 0.1) is 0 Å². The number of anilines is 1. The van der Waals surface area contributed by atoms with E-state index in [4.69, 9.17) is 0 Å². The Morgan fingerprint density at radius 3 is 2.76 bits per heavy atom. The van der Waals surface area contributed by atoms with Crippen LogP contribution < -0.4 is 4.90 Å². The smallest absolute Gasteiger partial charge is 0.164 e. The zero-order valence-corrected chi connectivity index (χ0v) is 12.6. The molecule has 0 saturated carbocycles. The number of fused-ring (bicyclic) bond motifs is 1. The average molecular weight is 282 g/mol. The van der Waals surface area contributed by atoms with E-state index in [1.165, 1.54) is 11.4 Å². The van der Waals surface area contributed by atoms with Gasteiger partial charge in [0.05, 0.1) is 0 Å². The van der Waals surface area contributed by atoms with Gasteiger partial charge >= 0.3 is 0 Å². The van der Waals surface area contributed by atoms with Gasteiger partial charge in [-0.15, -0.1) is 0 Å². The first-order chi connectivity index (χ1) is 10.3. The van der Waals surface area contributed by atoms with Crippen molar-refractivity contribution in [3.05, 3.63) is 53.9 Å². The zero-order chi connectivity index (χ0) is 14.7. The molecule has 0 amide bonds. The van der Waals surface area contributed by atoms with Crippen molar-refractivity contribution in [1.82, 2.24) is 4.57 Å². The number of carbonyl (C=O) groups excluding carboxylic acids is 1. The first-order valence-corrected chi connectivity index (χ1v) is 7.73. The van der Waals surface area contributed by atoms with Crippen LogP contribution in [0.1, 0.15) is 35.3 Å². The highest BCUT2D eigenvalue weighted by Crippen LogP contribution is 2.22. The second-order valence-corrected chi connectivity index (χ2v) is 5.76. The fourth-order valence-electron chi connectivity index (χ4n) is 3.09. The molecule has 2 aromatic rings. The van der Waals surface area contributed by atoms with Crippen LogP contribution in [0.5, 0.6) is 0 Å². The summed E-state index contributed by atoms with van der Waals surface area (Å²) >= 11 is 0. The molecule has 0 radical (unpaired) electrons. The number of hydrogen-bond acceptors (Lipinski definition) is 2. The lowest BCUT2D eigenvalue weighted by molar-refractivity contribution is 0.0971. The lowest BCUT2D eigenvalue weighted by atomic mass is 9.97. The largest absolute Gasteiger partial charge is 0.375 e. The van der Waals surface area contributed by atoms with Gasteiger partial charge in [-0.25, -0.2) is 0 Å². The molecule has 3 rings (SSSR count). The van der Waals surface area contributed by atoms with Crippen molar-refractivity contribution in [3.63, 3.8) is 0 Å². The number of hydrogen-bond donors (Lipinski definition) is 0. The number of rotatable bonds is 5. The fourth-order valence-corrected chi connectivity index (χ4v) is 3.09. The predicted octanol–water partition coefficient (Wildman–Crippen LogP) is 3.53. The Bertz CT molecular complexity index is 615. The normalized spacial score (nSPS) is 14.0. The van der Waals surface area contributed by atoms with E-state index < -0.39 is 0 Å². The third-order valence-electron chi connectivity index (χ3n) is 4.29. The first kappa shape index (κ1) is 13.9. The molecule has 1 aliphatic rings. The first-order valence-electron chi connectivity index (χ1n) is 7.73. The van der Waals surface area contributed by atoms with E-state index in [2.05, 4.69) is 47.0 Å². The summed E-state index contributed by atoms with van der Waals surface area (Å²) in [4.78, 5) is 14.1. The van der Waals surface area contributed by atoms with Crippen LogP contribution in [0.4, 0.5) is 5.69 Å². The van der Waals surface area contributed by atoms with Gasteiger partial charge in [-0.2, -0.15) is 0 Å². The van der Waals surface area contributed by atoms with Gasteiger partial charge in [-0.1, -0.05) is 18.2 Å². The molecule has 0 bridgehead atoms. The van der Waals surface area contributed by atoms with Crippen LogP contribution in [0.25, 0.3) is 0 Å². The van der Waals surface area contributed by atoms with Gasteiger partial charge in [-0.3, -0.25) is 4.79 Å². The number of aryl methyl sites for hydroxylation is 1. The highest BCUT2D eigenvalue weighted by Gasteiger charge is 2.20. The molecule has 1 heterocycles. The third-order valence-corrected chi connectivity index (χ3v) is 4.29. The maximum Gasteiger partial charge on any atom is 0.164 e. The van der Waals surface area contributed by atoms with Crippen LogP contribution in [0.3, 0.4) is 0 Å². The quantitative estimate of drug-likeness (QED) is 0.838. The van der Waals surface area contributed by atoms with E-state index in [1.807, 2.05) is 12.1 Å². The number of aromatic nitrogens is 1. The summed E-state index contributed by atoms with van der Waals surface area (Å²) in [6.07, 6.45) is 5.92. The molecule has 3 heteroatoms. The van der Waals surface area contributed by atoms with E-state index >= 15 is 0 Å². The second-order valence-electron chi connectivity index (χ2n) is 5.76. The summed E-state index contributed by atoms with van der Waals surface area (Å²) in [6, 6.07) is 12.4. The average Bonchev–Trinajstić information content (AvgIpc) is 2.93. The molecule has 0 atom stereocenters. The molecule has 1 aromatic heterocycles. The number of carbonyl (C=O) groups is 1. The van der Waals surface area contributed by atoms with Crippen molar-refractivity contribution in [2.24, 2.45) is 0 Å². The molecule has 0 fully saturated rings. The van der Waals surface area contributed by atoms with Crippen LogP contribution in [-0.2, 0) is 13.0 Å². The van der Waals surface area contributed by atoms with Crippen molar-refractivity contribution in [1.29, 1.82) is 0 Å². The Labute approximate surface area is 126 Å². The van der Waals surface area contributed by atoms with Gasteiger partial charge in [0.2, 0.25) is 0 Å². The molecule has 110 valence electrons. The zero-order valence-electron chi connectivity index (χ0n) is 12.6. The summed E-state index contributed by atoms with van der Waals surface area (Å²) in [6.45, 7) is 2.00. The predicted molar refractivity (Wildman–Crippen MR) is 86.0 cm³/mol.